The molecule has 0 aliphatic heterocycles. The molecule has 3 aromatic rings. The van der Waals surface area contributed by atoms with E-state index < -0.39 is 70.2 Å². The van der Waals surface area contributed by atoms with Crippen LogP contribution in [0.15, 0.2) is 48.7 Å². The lowest BCUT2D eigenvalue weighted by molar-refractivity contribution is -0.274. The first-order valence-corrected chi connectivity index (χ1v) is 10.5. The number of benzene rings is 2. The van der Waals surface area contributed by atoms with E-state index in [-0.39, 0.29) is 11.4 Å². The predicted octanol–water partition coefficient (Wildman–Crippen LogP) is 3.36. The van der Waals surface area contributed by atoms with Gasteiger partial charge in [-0.25, -0.2) is 9.37 Å². The number of nitrogens with zero attached hydrogens (tertiary/aromatic N) is 1. The number of alkyl halides is 5. The van der Waals surface area contributed by atoms with Crippen LogP contribution in [-0.2, 0) is 0 Å². The Labute approximate surface area is 225 Å². The molecule has 18 heteroatoms. The van der Waals surface area contributed by atoms with E-state index in [9.17, 15) is 31.5 Å². The van der Waals surface area contributed by atoms with Gasteiger partial charge < -0.3 is 30.0 Å². The summed E-state index contributed by atoms with van der Waals surface area (Å²) in [7, 11) is 16.1. The number of carbonyl (C=O) groups is 2. The number of primary amides is 1. The smallest absolute Gasteiger partial charge is 0.512 e. The number of halogens is 6. The minimum Gasteiger partial charge on any atom is -0.512 e. The van der Waals surface area contributed by atoms with Gasteiger partial charge in [0.1, 0.15) is 57.9 Å². The van der Waals surface area contributed by atoms with E-state index in [0.29, 0.717) is 18.2 Å². The fourth-order valence-corrected chi connectivity index (χ4v) is 3.00. The molecule has 0 saturated carbocycles. The van der Waals surface area contributed by atoms with Crippen LogP contribution >= 0.6 is 0 Å². The number of ether oxygens (including phenoxy) is 4. The van der Waals surface area contributed by atoms with Gasteiger partial charge in [-0.3, -0.25) is 9.59 Å². The summed E-state index contributed by atoms with van der Waals surface area (Å²) in [5.41, 5.74) is 4.00. The summed E-state index contributed by atoms with van der Waals surface area (Å²) in [6.45, 7) is -3.41. The lowest BCUT2D eigenvalue weighted by atomic mass is 9.52. The van der Waals surface area contributed by atoms with Crippen molar-refractivity contribution in [2.45, 2.75) is 18.3 Å². The van der Waals surface area contributed by atoms with Crippen molar-refractivity contribution in [2.24, 2.45) is 5.73 Å². The topological polar surface area (TPSA) is 122 Å². The minimum atomic E-state index is -5.12. The number of hydrogen-bond acceptors (Lipinski definition) is 7. The largest absolute Gasteiger partial charge is 0.573 e. The number of anilines is 1. The van der Waals surface area contributed by atoms with Crippen LogP contribution in [0.2, 0.25) is 0 Å². The molecule has 0 unspecified atom stereocenters. The first kappa shape index (κ1) is 30.1. The third kappa shape index (κ3) is 8.51. The molecule has 0 fully saturated rings. The summed E-state index contributed by atoms with van der Waals surface area (Å²) in [5.74, 6) is -7.16. The lowest BCUT2D eigenvalue weighted by Gasteiger charge is -2.25. The van der Waals surface area contributed by atoms with E-state index in [1.54, 1.807) is 0 Å². The van der Waals surface area contributed by atoms with Crippen molar-refractivity contribution in [1.82, 2.24) is 4.98 Å². The van der Waals surface area contributed by atoms with Gasteiger partial charge in [-0.2, -0.15) is 8.78 Å². The average molecular weight is 561 g/mol. The summed E-state index contributed by atoms with van der Waals surface area (Å²) in [6, 6.07) is 5.64. The van der Waals surface area contributed by atoms with Crippen LogP contribution in [0, 0.1) is 5.82 Å². The van der Waals surface area contributed by atoms with Crippen molar-refractivity contribution in [1.29, 1.82) is 0 Å². The molecule has 202 valence electrons. The van der Waals surface area contributed by atoms with Gasteiger partial charge in [0.15, 0.2) is 11.5 Å². The molecule has 3 rings (SSSR count). The van der Waals surface area contributed by atoms with Gasteiger partial charge in [0.2, 0.25) is 0 Å². The number of amides is 2. The SMILES string of the molecule is [B]C([B])([B])Oc1cc(OC(F)(F)F)ccc1Oc1cc(OC(F)F)cc(F)c1C(=O)Nc1ccc(C(N)=O)nc1. The molecule has 9 nitrogen and oxygen atoms in total. The summed E-state index contributed by atoms with van der Waals surface area (Å²) >= 11 is 0. The average Bonchev–Trinajstić information content (AvgIpc) is 2.78. The second-order valence-electron chi connectivity index (χ2n) is 7.62. The number of pyridine rings is 1. The molecular weight excluding hydrogens is 549 g/mol. The van der Waals surface area contributed by atoms with Gasteiger partial charge in [0.05, 0.1) is 11.9 Å². The Morgan fingerprint density at radius 3 is 2.15 bits per heavy atom. The molecule has 0 bridgehead atoms. The number of nitrogens with one attached hydrogen (secondary N) is 1. The maximum Gasteiger partial charge on any atom is 0.573 e. The van der Waals surface area contributed by atoms with E-state index >= 15 is 4.39 Å². The molecular formula is C22H12B3F6N3O6. The van der Waals surface area contributed by atoms with Crippen LogP contribution in [0.4, 0.5) is 32.0 Å². The zero-order valence-corrected chi connectivity index (χ0v) is 19.7. The van der Waals surface area contributed by atoms with Crippen molar-refractivity contribution in [2.75, 3.05) is 5.32 Å². The number of aromatic nitrogens is 1. The Balaban J connectivity index is 2.06. The molecule has 0 aliphatic rings. The van der Waals surface area contributed by atoms with Gasteiger partial charge in [0, 0.05) is 18.2 Å². The number of nitrogens with two attached hydrogens (primary N) is 1. The predicted molar refractivity (Wildman–Crippen MR) is 128 cm³/mol. The molecule has 0 spiro atoms. The minimum absolute atomic E-state index is 0.0508. The van der Waals surface area contributed by atoms with E-state index in [4.69, 9.17) is 38.7 Å². The Morgan fingerprint density at radius 2 is 1.60 bits per heavy atom. The molecule has 1 heterocycles. The van der Waals surface area contributed by atoms with Crippen LogP contribution in [-0.4, -0.2) is 58.6 Å². The lowest BCUT2D eigenvalue weighted by Crippen LogP contribution is -2.37. The van der Waals surface area contributed by atoms with E-state index in [1.165, 1.54) is 6.07 Å². The standard InChI is InChI=1S/C22H12B3F6N3O6/c23-21(24,25)40-15-6-10(39-22(29,30)31)2-4-14(15)38-16-7-11(37-20(27)28)5-12(26)17(16)19(36)34-9-1-3-13(18(32)35)33-8-9/h1-8,20H,(H2,32,35)(H,34,36). The fraction of sp³-hybridized carbons (Fsp3) is 0.136. The van der Waals surface area contributed by atoms with Crippen LogP contribution < -0.4 is 30.0 Å². The number of hydrogen-bond donors (Lipinski definition) is 2. The van der Waals surface area contributed by atoms with Crippen LogP contribution in [0.5, 0.6) is 28.7 Å². The summed E-state index contributed by atoms with van der Waals surface area (Å²) in [4.78, 5) is 27.8. The molecule has 40 heavy (non-hydrogen) atoms. The van der Waals surface area contributed by atoms with Gasteiger partial charge in [-0.1, -0.05) is 0 Å². The molecule has 3 N–H and O–H groups in total. The van der Waals surface area contributed by atoms with Crippen molar-refractivity contribution >= 4 is 41.0 Å². The number of rotatable bonds is 10. The highest BCUT2D eigenvalue weighted by atomic mass is 19.4. The Bertz CT molecular complexity index is 1400. The van der Waals surface area contributed by atoms with Crippen molar-refractivity contribution in [3.05, 3.63) is 65.7 Å². The molecule has 0 saturated heterocycles. The molecule has 0 atom stereocenters. The van der Waals surface area contributed by atoms with E-state index in [1.807, 2.05) is 0 Å². The first-order chi connectivity index (χ1) is 18.5. The van der Waals surface area contributed by atoms with Crippen LogP contribution in [0.3, 0.4) is 0 Å². The molecule has 0 aliphatic carbocycles. The number of carbonyl (C=O) groups excluding carboxylic acids is 2. The van der Waals surface area contributed by atoms with Gasteiger partial charge in [0.25, 0.3) is 11.8 Å². The Hall–Kier alpha value is -4.50. The summed E-state index contributed by atoms with van der Waals surface area (Å²) in [6.07, 6.45) is -4.11. The van der Waals surface area contributed by atoms with E-state index in [2.05, 4.69) is 19.8 Å². The second kappa shape index (κ2) is 11.7. The Kier molecular flexibility index (Phi) is 8.80. The van der Waals surface area contributed by atoms with Crippen LogP contribution in [0.1, 0.15) is 20.8 Å². The van der Waals surface area contributed by atoms with Crippen LogP contribution in [0.25, 0.3) is 0 Å². The van der Waals surface area contributed by atoms with E-state index in [0.717, 1.165) is 24.4 Å². The summed E-state index contributed by atoms with van der Waals surface area (Å²) in [5, 5.41) is -0.240. The zero-order valence-electron chi connectivity index (χ0n) is 19.7. The third-order valence-electron chi connectivity index (χ3n) is 4.41. The van der Waals surface area contributed by atoms with Crippen molar-refractivity contribution < 1.29 is 54.9 Å². The first-order valence-electron chi connectivity index (χ1n) is 10.5. The molecule has 2 amide bonds. The monoisotopic (exact) mass is 561 g/mol. The molecule has 6 radical (unpaired) electrons. The molecule has 1 aromatic heterocycles. The normalized spacial score (nSPS) is 11.6. The maximum absolute atomic E-state index is 15.0. The quantitative estimate of drug-likeness (QED) is 0.288. The van der Waals surface area contributed by atoms with Gasteiger partial charge in [-0.15, -0.1) is 13.2 Å². The fourth-order valence-electron chi connectivity index (χ4n) is 3.00. The highest BCUT2D eigenvalue weighted by molar-refractivity contribution is 6.58. The highest BCUT2D eigenvalue weighted by Gasteiger charge is 2.32. The maximum atomic E-state index is 15.0. The third-order valence-corrected chi connectivity index (χ3v) is 4.41. The Morgan fingerprint density at radius 1 is 0.925 bits per heavy atom. The summed E-state index contributed by atoms with van der Waals surface area (Å²) < 4.78 is 97.0. The van der Waals surface area contributed by atoms with Crippen molar-refractivity contribution in [3.8, 4) is 28.7 Å². The van der Waals surface area contributed by atoms with Crippen molar-refractivity contribution in [3.63, 3.8) is 0 Å². The van der Waals surface area contributed by atoms with Gasteiger partial charge >= 0.3 is 13.0 Å². The van der Waals surface area contributed by atoms with Gasteiger partial charge in [-0.05, 0) is 29.6 Å². The zero-order chi connectivity index (χ0) is 29.8. The molecule has 2 aromatic carbocycles. The second-order valence-corrected chi connectivity index (χ2v) is 7.62. The highest BCUT2D eigenvalue weighted by Crippen LogP contribution is 2.40.